The lowest BCUT2D eigenvalue weighted by Crippen LogP contribution is -2.25. The van der Waals surface area contributed by atoms with E-state index in [0.29, 0.717) is 5.56 Å². The lowest BCUT2D eigenvalue weighted by atomic mass is 9.68. The maximum Gasteiger partial charge on any atom is 0.194 e. The molecule has 0 spiro atoms. The summed E-state index contributed by atoms with van der Waals surface area (Å²) < 4.78 is 40.7. The quantitative estimate of drug-likeness (QED) is 0.356. The number of hydrogen-bond donors (Lipinski definition) is 0. The SMILES string of the molecule is CCCCC[C@H]1CC[C@H](C2CCC(c3ccc(F)c(F)c3F)CC2)CC1. The van der Waals surface area contributed by atoms with Gasteiger partial charge in [-0.05, 0) is 73.8 Å². The Hall–Kier alpha value is -0.990. The van der Waals surface area contributed by atoms with Crippen molar-refractivity contribution in [1.82, 2.24) is 0 Å². The van der Waals surface area contributed by atoms with Gasteiger partial charge in [-0.3, -0.25) is 0 Å². The molecule has 0 saturated heterocycles. The highest BCUT2D eigenvalue weighted by molar-refractivity contribution is 5.24. The lowest BCUT2D eigenvalue weighted by Gasteiger charge is -2.38. The van der Waals surface area contributed by atoms with Gasteiger partial charge in [-0.1, -0.05) is 51.5 Å². The predicted molar refractivity (Wildman–Crippen MR) is 101 cm³/mol. The summed E-state index contributed by atoms with van der Waals surface area (Å²) >= 11 is 0. The third-order valence-corrected chi connectivity index (χ3v) is 7.05. The number of benzene rings is 1. The van der Waals surface area contributed by atoms with Crippen molar-refractivity contribution in [2.75, 3.05) is 0 Å². The molecule has 0 aliphatic heterocycles. The summed E-state index contributed by atoms with van der Waals surface area (Å²) in [6.45, 7) is 2.26. The molecule has 0 nitrogen and oxygen atoms in total. The maximum absolute atomic E-state index is 14.1. The van der Waals surface area contributed by atoms with Crippen LogP contribution in [0, 0.1) is 35.2 Å². The first-order valence-electron chi connectivity index (χ1n) is 10.7. The molecular weight excluding hydrogens is 333 g/mol. The van der Waals surface area contributed by atoms with Crippen molar-refractivity contribution in [3.63, 3.8) is 0 Å². The summed E-state index contributed by atoms with van der Waals surface area (Å²) in [5.74, 6) is -0.816. The minimum Gasteiger partial charge on any atom is -0.204 e. The van der Waals surface area contributed by atoms with Crippen LogP contribution in [0.5, 0.6) is 0 Å². The molecule has 3 heteroatoms. The molecule has 0 amide bonds. The van der Waals surface area contributed by atoms with E-state index >= 15 is 0 Å². The first-order chi connectivity index (χ1) is 12.6. The Morgan fingerprint density at radius 2 is 1.38 bits per heavy atom. The smallest absolute Gasteiger partial charge is 0.194 e. The largest absolute Gasteiger partial charge is 0.204 e. The van der Waals surface area contributed by atoms with Crippen molar-refractivity contribution in [3.8, 4) is 0 Å². The molecule has 0 bridgehead atoms. The number of halogens is 3. The highest BCUT2D eigenvalue weighted by Crippen LogP contribution is 2.45. The molecular formula is C23H33F3. The number of rotatable bonds is 6. The van der Waals surface area contributed by atoms with E-state index in [-0.39, 0.29) is 5.92 Å². The van der Waals surface area contributed by atoms with Crippen LogP contribution in [-0.4, -0.2) is 0 Å². The number of hydrogen-bond acceptors (Lipinski definition) is 0. The second-order valence-corrected chi connectivity index (χ2v) is 8.65. The Morgan fingerprint density at radius 3 is 2.00 bits per heavy atom. The number of unbranched alkanes of at least 4 members (excludes halogenated alkanes) is 2. The monoisotopic (exact) mass is 366 g/mol. The Balaban J connectivity index is 1.47. The van der Waals surface area contributed by atoms with Crippen LogP contribution in [0.3, 0.4) is 0 Å². The highest BCUT2D eigenvalue weighted by Gasteiger charge is 2.32. The lowest BCUT2D eigenvalue weighted by molar-refractivity contribution is 0.155. The van der Waals surface area contributed by atoms with E-state index in [0.717, 1.165) is 49.5 Å². The Kier molecular flexibility index (Phi) is 7.05. The van der Waals surface area contributed by atoms with Crippen molar-refractivity contribution in [3.05, 3.63) is 35.1 Å². The van der Waals surface area contributed by atoms with Gasteiger partial charge in [-0.15, -0.1) is 0 Å². The van der Waals surface area contributed by atoms with E-state index in [1.165, 1.54) is 57.4 Å². The molecule has 0 heterocycles. The van der Waals surface area contributed by atoms with Crippen LogP contribution < -0.4 is 0 Å². The average molecular weight is 367 g/mol. The minimum atomic E-state index is -1.31. The molecule has 0 unspecified atom stereocenters. The molecule has 26 heavy (non-hydrogen) atoms. The summed E-state index contributed by atoms with van der Waals surface area (Å²) in [5.41, 5.74) is 0.377. The summed E-state index contributed by atoms with van der Waals surface area (Å²) in [4.78, 5) is 0. The van der Waals surface area contributed by atoms with E-state index in [9.17, 15) is 13.2 Å². The molecule has 0 radical (unpaired) electrons. The molecule has 1 aromatic carbocycles. The Bertz CT molecular complexity index is 567. The van der Waals surface area contributed by atoms with Crippen molar-refractivity contribution < 1.29 is 13.2 Å². The van der Waals surface area contributed by atoms with Crippen LogP contribution in [0.1, 0.15) is 95.5 Å². The summed E-state index contributed by atoms with van der Waals surface area (Å²) in [6, 6.07) is 2.51. The second-order valence-electron chi connectivity index (χ2n) is 8.65. The van der Waals surface area contributed by atoms with Gasteiger partial charge >= 0.3 is 0 Å². The molecule has 0 aromatic heterocycles. The van der Waals surface area contributed by atoms with Crippen molar-refractivity contribution in [2.45, 2.75) is 89.9 Å². The van der Waals surface area contributed by atoms with Crippen LogP contribution in [0.15, 0.2) is 12.1 Å². The first kappa shape index (κ1) is 19.8. The highest BCUT2D eigenvalue weighted by atomic mass is 19.2. The van der Waals surface area contributed by atoms with Crippen LogP contribution in [-0.2, 0) is 0 Å². The maximum atomic E-state index is 14.1. The molecule has 2 fully saturated rings. The van der Waals surface area contributed by atoms with E-state index < -0.39 is 17.5 Å². The second kappa shape index (κ2) is 9.28. The normalized spacial score (nSPS) is 29.7. The summed E-state index contributed by atoms with van der Waals surface area (Å²) in [5, 5.41) is 0. The van der Waals surface area contributed by atoms with Gasteiger partial charge in [0.25, 0.3) is 0 Å². The van der Waals surface area contributed by atoms with Gasteiger partial charge in [-0.2, -0.15) is 0 Å². The van der Waals surface area contributed by atoms with E-state index in [1.807, 2.05) is 0 Å². The molecule has 2 saturated carbocycles. The van der Waals surface area contributed by atoms with Crippen LogP contribution in [0.25, 0.3) is 0 Å². The fourth-order valence-corrected chi connectivity index (χ4v) is 5.39. The first-order valence-corrected chi connectivity index (χ1v) is 10.7. The van der Waals surface area contributed by atoms with Crippen LogP contribution in [0.4, 0.5) is 13.2 Å². The van der Waals surface area contributed by atoms with Gasteiger partial charge in [0.2, 0.25) is 0 Å². The van der Waals surface area contributed by atoms with E-state index in [4.69, 9.17) is 0 Å². The van der Waals surface area contributed by atoms with Crippen molar-refractivity contribution >= 4 is 0 Å². The molecule has 2 aliphatic carbocycles. The van der Waals surface area contributed by atoms with Gasteiger partial charge < -0.3 is 0 Å². The van der Waals surface area contributed by atoms with Gasteiger partial charge in [0.15, 0.2) is 17.5 Å². The zero-order valence-corrected chi connectivity index (χ0v) is 16.1. The third-order valence-electron chi connectivity index (χ3n) is 7.05. The minimum absolute atomic E-state index is 0.0479. The Morgan fingerprint density at radius 1 is 0.769 bits per heavy atom. The van der Waals surface area contributed by atoms with Crippen molar-refractivity contribution in [1.29, 1.82) is 0 Å². The molecule has 2 aliphatic rings. The zero-order valence-electron chi connectivity index (χ0n) is 16.1. The summed E-state index contributed by atoms with van der Waals surface area (Å²) in [6.07, 6.45) is 14.9. The molecule has 1 aromatic rings. The Labute approximate surface area is 156 Å². The average Bonchev–Trinajstić information content (AvgIpc) is 2.67. The standard InChI is InChI=1S/C23H33F3/c1-2-3-4-5-16-6-8-17(9-7-16)18-10-12-19(13-11-18)20-14-15-21(24)23(26)22(20)25/h14-19H,2-13H2,1H3/t16-,17-,18?,19?. The van der Waals surface area contributed by atoms with Gasteiger partial charge in [-0.25, -0.2) is 13.2 Å². The molecule has 146 valence electrons. The fourth-order valence-electron chi connectivity index (χ4n) is 5.39. The predicted octanol–water partition coefficient (Wildman–Crippen LogP) is 7.76. The van der Waals surface area contributed by atoms with Crippen LogP contribution >= 0.6 is 0 Å². The molecule has 0 N–H and O–H groups in total. The molecule has 0 atom stereocenters. The zero-order chi connectivity index (χ0) is 18.5. The fraction of sp³-hybridized carbons (Fsp3) is 0.739. The van der Waals surface area contributed by atoms with E-state index in [2.05, 4.69) is 6.92 Å². The third kappa shape index (κ3) is 4.64. The summed E-state index contributed by atoms with van der Waals surface area (Å²) in [7, 11) is 0. The van der Waals surface area contributed by atoms with Gasteiger partial charge in [0, 0.05) is 0 Å². The van der Waals surface area contributed by atoms with E-state index in [1.54, 1.807) is 0 Å². The van der Waals surface area contributed by atoms with Gasteiger partial charge in [0.1, 0.15) is 0 Å². The van der Waals surface area contributed by atoms with Crippen LogP contribution in [0.2, 0.25) is 0 Å². The van der Waals surface area contributed by atoms with Gasteiger partial charge in [0.05, 0.1) is 0 Å². The molecule has 3 rings (SSSR count). The topological polar surface area (TPSA) is 0 Å². The van der Waals surface area contributed by atoms with Crippen molar-refractivity contribution in [2.24, 2.45) is 17.8 Å².